The van der Waals surface area contributed by atoms with Crippen LogP contribution in [0.2, 0.25) is 0 Å². The Morgan fingerprint density at radius 1 is 0.414 bits per heavy atom. The van der Waals surface area contributed by atoms with E-state index in [1.165, 1.54) is 238 Å². The van der Waals surface area contributed by atoms with E-state index in [9.17, 15) is 20.1 Å². The monoisotopic (exact) mass is 820 g/mol. The number of carbonyl (C=O) groups excluding carboxylic acids is 1. The molecule has 0 aromatic rings. The van der Waals surface area contributed by atoms with Crippen LogP contribution in [0.5, 0.6) is 0 Å². The van der Waals surface area contributed by atoms with Crippen molar-refractivity contribution in [3.05, 3.63) is 12.2 Å². The summed E-state index contributed by atoms with van der Waals surface area (Å²) in [5.74, 6) is -0.279. The van der Waals surface area contributed by atoms with E-state index in [1.54, 1.807) is 0 Å². The first-order chi connectivity index (χ1) is 28.5. The predicted octanol–water partition coefficient (Wildman–Crippen LogP) is 15.9. The Labute approximate surface area is 363 Å². The van der Waals surface area contributed by atoms with E-state index >= 15 is 0 Å². The van der Waals surface area contributed by atoms with Crippen molar-refractivity contribution in [1.82, 2.24) is 5.32 Å². The number of aliphatic hydroxyl groups is 3. The molecule has 0 aliphatic rings. The van der Waals surface area contributed by atoms with E-state index in [-0.39, 0.29) is 18.9 Å². The van der Waals surface area contributed by atoms with Gasteiger partial charge in [0.2, 0.25) is 5.91 Å². The van der Waals surface area contributed by atoms with Gasteiger partial charge < -0.3 is 20.6 Å². The van der Waals surface area contributed by atoms with Gasteiger partial charge in [-0.05, 0) is 38.5 Å². The molecule has 5 nitrogen and oxygen atoms in total. The van der Waals surface area contributed by atoms with Crippen molar-refractivity contribution >= 4 is 5.91 Å². The second kappa shape index (κ2) is 48.8. The van der Waals surface area contributed by atoms with Crippen LogP contribution in [0.15, 0.2) is 12.2 Å². The van der Waals surface area contributed by atoms with E-state index in [0.717, 1.165) is 25.7 Å². The molecular weight excluding hydrogens is 715 g/mol. The fourth-order valence-electron chi connectivity index (χ4n) is 8.52. The molecule has 3 unspecified atom stereocenters. The average Bonchev–Trinajstić information content (AvgIpc) is 3.22. The second-order valence-corrected chi connectivity index (χ2v) is 18.5. The summed E-state index contributed by atoms with van der Waals surface area (Å²) in [4.78, 5) is 12.5. The zero-order valence-corrected chi connectivity index (χ0v) is 39.5. The van der Waals surface area contributed by atoms with Gasteiger partial charge in [-0.1, -0.05) is 264 Å². The summed E-state index contributed by atoms with van der Waals surface area (Å²) in [7, 11) is 0. The first-order valence-electron chi connectivity index (χ1n) is 26.5. The van der Waals surface area contributed by atoms with Crippen molar-refractivity contribution in [3.63, 3.8) is 0 Å². The van der Waals surface area contributed by atoms with Crippen molar-refractivity contribution in [2.24, 2.45) is 0 Å². The lowest BCUT2D eigenvalue weighted by Gasteiger charge is -2.23. The SMILES string of the molecule is CCCCCCCCCCCCCC/C=C\CCCCCCCCCCCCC(O)CC(=O)NC(CO)C(O)CCCCCCCCCCCCCCCCCCC. The fourth-order valence-corrected chi connectivity index (χ4v) is 8.52. The van der Waals surface area contributed by atoms with Gasteiger partial charge in [0.25, 0.3) is 0 Å². The molecule has 0 saturated heterocycles. The quantitative estimate of drug-likeness (QED) is 0.0364. The first-order valence-corrected chi connectivity index (χ1v) is 26.5. The van der Waals surface area contributed by atoms with Crippen LogP contribution in [0.1, 0.15) is 296 Å². The summed E-state index contributed by atoms with van der Waals surface area (Å²) in [5, 5.41) is 33.6. The number of nitrogens with one attached hydrogen (secondary N) is 1. The van der Waals surface area contributed by atoms with Gasteiger partial charge in [-0.15, -0.1) is 0 Å². The maximum Gasteiger partial charge on any atom is 0.222 e. The third-order valence-electron chi connectivity index (χ3n) is 12.6. The molecule has 0 aliphatic heterocycles. The maximum absolute atomic E-state index is 12.5. The van der Waals surface area contributed by atoms with Gasteiger partial charge in [-0.3, -0.25) is 4.79 Å². The average molecular weight is 820 g/mol. The van der Waals surface area contributed by atoms with E-state index in [0.29, 0.717) is 12.8 Å². The number of rotatable bonds is 49. The van der Waals surface area contributed by atoms with Crippen LogP contribution < -0.4 is 5.32 Å². The molecule has 0 saturated carbocycles. The van der Waals surface area contributed by atoms with Gasteiger partial charge in [0.1, 0.15) is 0 Å². The van der Waals surface area contributed by atoms with Gasteiger partial charge in [-0.2, -0.15) is 0 Å². The Bertz CT molecular complexity index is 818. The molecule has 58 heavy (non-hydrogen) atoms. The lowest BCUT2D eigenvalue weighted by Crippen LogP contribution is -2.46. The minimum atomic E-state index is -0.747. The molecule has 0 fully saturated rings. The summed E-state index contributed by atoms with van der Waals surface area (Å²) in [6.45, 7) is 4.29. The Kier molecular flexibility index (Phi) is 48.0. The Balaban J connectivity index is 3.52. The molecule has 1 amide bonds. The molecule has 0 aromatic heterocycles. The molecule has 3 atom stereocenters. The highest BCUT2D eigenvalue weighted by Gasteiger charge is 2.21. The van der Waals surface area contributed by atoms with Gasteiger partial charge in [-0.25, -0.2) is 0 Å². The van der Waals surface area contributed by atoms with Gasteiger partial charge in [0.15, 0.2) is 0 Å². The van der Waals surface area contributed by atoms with Crippen molar-refractivity contribution in [1.29, 1.82) is 0 Å². The highest BCUT2D eigenvalue weighted by molar-refractivity contribution is 5.76. The highest BCUT2D eigenvalue weighted by Crippen LogP contribution is 2.17. The van der Waals surface area contributed by atoms with Crippen molar-refractivity contribution in [2.45, 2.75) is 315 Å². The molecule has 5 heteroatoms. The van der Waals surface area contributed by atoms with Crippen molar-refractivity contribution < 1.29 is 20.1 Å². The van der Waals surface area contributed by atoms with Crippen LogP contribution in [0.25, 0.3) is 0 Å². The molecule has 0 heterocycles. The Morgan fingerprint density at radius 2 is 0.690 bits per heavy atom. The third kappa shape index (κ3) is 44.6. The summed E-state index contributed by atoms with van der Waals surface area (Å²) in [5.41, 5.74) is 0. The summed E-state index contributed by atoms with van der Waals surface area (Å²) in [6.07, 6.45) is 59.2. The Hall–Kier alpha value is -0.910. The largest absolute Gasteiger partial charge is 0.394 e. The van der Waals surface area contributed by atoms with Crippen LogP contribution in [-0.2, 0) is 4.79 Å². The number of amides is 1. The molecule has 0 bridgehead atoms. The van der Waals surface area contributed by atoms with E-state index in [1.807, 2.05) is 0 Å². The predicted molar refractivity (Wildman–Crippen MR) is 255 cm³/mol. The van der Waals surface area contributed by atoms with Crippen LogP contribution >= 0.6 is 0 Å². The molecule has 0 spiro atoms. The van der Waals surface area contributed by atoms with Crippen molar-refractivity contribution in [2.75, 3.05) is 6.61 Å². The van der Waals surface area contributed by atoms with E-state index in [4.69, 9.17) is 0 Å². The van der Waals surface area contributed by atoms with Crippen LogP contribution in [0.3, 0.4) is 0 Å². The van der Waals surface area contributed by atoms with Crippen molar-refractivity contribution in [3.8, 4) is 0 Å². The van der Waals surface area contributed by atoms with E-state index in [2.05, 4.69) is 31.3 Å². The molecule has 0 aromatic carbocycles. The second-order valence-electron chi connectivity index (χ2n) is 18.5. The zero-order chi connectivity index (χ0) is 42.3. The number of unbranched alkanes of at least 4 members (excludes halogenated alkanes) is 38. The number of carbonyl (C=O) groups is 1. The number of allylic oxidation sites excluding steroid dienone is 2. The maximum atomic E-state index is 12.5. The molecule has 346 valence electrons. The number of aliphatic hydroxyl groups excluding tert-OH is 3. The summed E-state index contributed by atoms with van der Waals surface area (Å²) < 4.78 is 0. The van der Waals surface area contributed by atoms with E-state index < -0.39 is 18.2 Å². The molecule has 0 radical (unpaired) electrons. The van der Waals surface area contributed by atoms with Crippen LogP contribution in [0.4, 0.5) is 0 Å². The number of hydrogen-bond donors (Lipinski definition) is 4. The van der Waals surface area contributed by atoms with Gasteiger partial charge in [0, 0.05) is 0 Å². The molecule has 0 aliphatic carbocycles. The highest BCUT2D eigenvalue weighted by atomic mass is 16.3. The lowest BCUT2D eigenvalue weighted by atomic mass is 10.0. The minimum Gasteiger partial charge on any atom is -0.394 e. The summed E-state index contributed by atoms with van der Waals surface area (Å²) >= 11 is 0. The summed E-state index contributed by atoms with van der Waals surface area (Å²) in [6, 6.07) is -0.656. The molecule has 0 rings (SSSR count). The Morgan fingerprint density at radius 3 is 1.00 bits per heavy atom. The fraction of sp³-hybridized carbons (Fsp3) is 0.943. The lowest BCUT2D eigenvalue weighted by molar-refractivity contribution is -0.125. The number of hydrogen-bond acceptors (Lipinski definition) is 4. The third-order valence-corrected chi connectivity index (χ3v) is 12.6. The van der Waals surface area contributed by atoms with Crippen LogP contribution in [-0.4, -0.2) is 46.1 Å². The first kappa shape index (κ1) is 57.1. The van der Waals surface area contributed by atoms with Gasteiger partial charge >= 0.3 is 0 Å². The standard InChI is InChI=1S/C53H105NO4/c1-3-5-7-9-11-13-15-17-19-21-22-23-24-25-26-27-28-29-31-32-34-36-38-40-42-44-46-50(56)48-53(58)54-51(49-55)52(57)47-45-43-41-39-37-35-33-30-20-18-16-14-12-10-8-6-4-2/h25-26,50-52,55-57H,3-24,27-49H2,1-2H3,(H,54,58)/b26-25-. The minimum absolute atomic E-state index is 0.0393. The smallest absolute Gasteiger partial charge is 0.222 e. The molecular formula is C53H105NO4. The molecule has 4 N–H and O–H groups in total. The topological polar surface area (TPSA) is 89.8 Å². The zero-order valence-electron chi connectivity index (χ0n) is 39.5. The van der Waals surface area contributed by atoms with Crippen LogP contribution in [0, 0.1) is 0 Å². The van der Waals surface area contributed by atoms with Gasteiger partial charge in [0.05, 0.1) is 31.3 Å². The normalized spacial score (nSPS) is 13.4.